The Labute approximate surface area is 142 Å². The van der Waals surface area contributed by atoms with Crippen LogP contribution in [0.3, 0.4) is 0 Å². The molecule has 0 atom stereocenters. The molecule has 0 aliphatic rings. The molecule has 24 heavy (non-hydrogen) atoms. The zero-order valence-corrected chi connectivity index (χ0v) is 13.6. The molecule has 1 amide bonds. The van der Waals surface area contributed by atoms with Crippen molar-refractivity contribution in [3.8, 4) is 17.1 Å². The molecule has 0 bridgehead atoms. The van der Waals surface area contributed by atoms with E-state index >= 15 is 0 Å². The molecule has 1 heterocycles. The Morgan fingerprint density at radius 2 is 2.04 bits per heavy atom. The molecular weight excluding hydrogens is 329 g/mol. The number of aromatic nitrogens is 2. The van der Waals surface area contributed by atoms with Crippen LogP contribution in [0.2, 0.25) is 0 Å². The fourth-order valence-corrected chi connectivity index (χ4v) is 2.61. The molecule has 2 aromatic carbocycles. The number of carbonyl (C=O) groups excluding carboxylic acids is 1. The van der Waals surface area contributed by atoms with E-state index in [4.69, 9.17) is 4.74 Å². The second-order valence-corrected chi connectivity index (χ2v) is 5.84. The molecule has 3 rings (SSSR count). The predicted molar refractivity (Wildman–Crippen MR) is 90.6 cm³/mol. The van der Waals surface area contributed by atoms with Crippen molar-refractivity contribution in [2.45, 2.75) is 6.92 Å². The first-order valence-electron chi connectivity index (χ1n) is 7.19. The van der Waals surface area contributed by atoms with Crippen LogP contribution < -0.4 is 10.1 Å². The number of rotatable bonds is 5. The second kappa shape index (κ2) is 7.18. The lowest BCUT2D eigenvalue weighted by Crippen LogP contribution is -2.20. The van der Waals surface area contributed by atoms with Crippen LogP contribution in [0.4, 0.5) is 9.52 Å². The summed E-state index contributed by atoms with van der Waals surface area (Å²) in [7, 11) is 0. The molecule has 122 valence electrons. The molecule has 0 fully saturated rings. The minimum atomic E-state index is -0.323. The van der Waals surface area contributed by atoms with Gasteiger partial charge in [-0.3, -0.25) is 10.1 Å². The fraction of sp³-hybridized carbons (Fsp3) is 0.118. The smallest absolute Gasteiger partial charge is 0.264 e. The summed E-state index contributed by atoms with van der Waals surface area (Å²) >= 11 is 1.06. The predicted octanol–water partition coefficient (Wildman–Crippen LogP) is 3.67. The van der Waals surface area contributed by atoms with E-state index in [0.29, 0.717) is 22.3 Å². The van der Waals surface area contributed by atoms with Crippen molar-refractivity contribution in [2.75, 3.05) is 11.9 Å². The Hall–Kier alpha value is -2.80. The average Bonchev–Trinajstić information content (AvgIpc) is 3.02. The highest BCUT2D eigenvalue weighted by molar-refractivity contribution is 7.10. The largest absolute Gasteiger partial charge is 0.484 e. The van der Waals surface area contributed by atoms with Gasteiger partial charge in [0.15, 0.2) is 12.4 Å². The van der Waals surface area contributed by atoms with Crippen LogP contribution in [0.25, 0.3) is 11.4 Å². The van der Waals surface area contributed by atoms with Gasteiger partial charge in [0.25, 0.3) is 5.91 Å². The summed E-state index contributed by atoms with van der Waals surface area (Å²) in [6.07, 6.45) is 0. The number of amides is 1. The minimum absolute atomic E-state index is 0.116. The SMILES string of the molecule is Cc1cccc(OCC(=O)Nc2nc(-c3ccc(F)cc3)ns2)c1. The molecule has 0 saturated heterocycles. The second-order valence-electron chi connectivity index (χ2n) is 5.08. The van der Waals surface area contributed by atoms with E-state index in [1.165, 1.54) is 12.1 Å². The number of halogens is 1. The molecule has 0 aliphatic carbocycles. The number of ether oxygens (including phenoxy) is 1. The monoisotopic (exact) mass is 343 g/mol. The summed E-state index contributed by atoms with van der Waals surface area (Å²) in [4.78, 5) is 16.1. The van der Waals surface area contributed by atoms with E-state index in [1.807, 2.05) is 25.1 Å². The third kappa shape index (κ3) is 4.14. The number of hydrogen-bond donors (Lipinski definition) is 1. The van der Waals surface area contributed by atoms with Crippen LogP contribution in [0.5, 0.6) is 5.75 Å². The van der Waals surface area contributed by atoms with E-state index in [-0.39, 0.29) is 18.3 Å². The molecule has 5 nitrogen and oxygen atoms in total. The van der Waals surface area contributed by atoms with Gasteiger partial charge in [-0.25, -0.2) is 4.39 Å². The summed E-state index contributed by atoms with van der Waals surface area (Å²) in [5.41, 5.74) is 1.74. The highest BCUT2D eigenvalue weighted by Gasteiger charge is 2.10. The summed E-state index contributed by atoms with van der Waals surface area (Å²) in [6, 6.07) is 13.3. The standard InChI is InChI=1S/C17H14FN3O2S/c1-11-3-2-4-14(9-11)23-10-15(22)19-17-20-16(21-24-17)12-5-7-13(18)8-6-12/h2-9H,10H2,1H3,(H,19,20,21,22). The van der Waals surface area contributed by atoms with Crippen molar-refractivity contribution in [3.63, 3.8) is 0 Å². The molecule has 0 aliphatic heterocycles. The van der Waals surface area contributed by atoms with Gasteiger partial charge < -0.3 is 4.74 Å². The van der Waals surface area contributed by atoms with Crippen LogP contribution in [-0.2, 0) is 4.79 Å². The van der Waals surface area contributed by atoms with Gasteiger partial charge in [0.2, 0.25) is 5.13 Å². The van der Waals surface area contributed by atoms with Gasteiger partial charge in [-0.1, -0.05) is 12.1 Å². The van der Waals surface area contributed by atoms with E-state index in [2.05, 4.69) is 14.7 Å². The number of nitrogens with zero attached hydrogens (tertiary/aromatic N) is 2. The molecule has 0 radical (unpaired) electrons. The first kappa shape index (κ1) is 16.1. The Bertz CT molecular complexity index is 849. The summed E-state index contributed by atoms with van der Waals surface area (Å²) < 4.78 is 22.5. The number of anilines is 1. The lowest BCUT2D eigenvalue weighted by Gasteiger charge is -2.06. The van der Waals surface area contributed by atoms with Gasteiger partial charge in [-0.05, 0) is 48.9 Å². The molecule has 3 aromatic rings. The third-order valence-electron chi connectivity index (χ3n) is 3.13. The maximum Gasteiger partial charge on any atom is 0.264 e. The third-order valence-corrected chi connectivity index (χ3v) is 3.76. The molecule has 7 heteroatoms. The zero-order valence-electron chi connectivity index (χ0n) is 12.8. The maximum atomic E-state index is 12.9. The van der Waals surface area contributed by atoms with Crippen LogP contribution >= 0.6 is 11.5 Å². The van der Waals surface area contributed by atoms with Crippen LogP contribution in [0, 0.1) is 12.7 Å². The van der Waals surface area contributed by atoms with Gasteiger partial charge in [0, 0.05) is 17.1 Å². The highest BCUT2D eigenvalue weighted by atomic mass is 32.1. The summed E-state index contributed by atoms with van der Waals surface area (Å²) in [5.74, 6) is 0.429. The molecule has 1 aromatic heterocycles. The minimum Gasteiger partial charge on any atom is -0.484 e. The number of nitrogens with one attached hydrogen (secondary N) is 1. The van der Waals surface area contributed by atoms with Crippen molar-refractivity contribution in [1.29, 1.82) is 0 Å². The molecule has 1 N–H and O–H groups in total. The Morgan fingerprint density at radius 3 is 2.79 bits per heavy atom. The quantitative estimate of drug-likeness (QED) is 0.768. The maximum absolute atomic E-state index is 12.9. The Kier molecular flexibility index (Phi) is 4.81. The van der Waals surface area contributed by atoms with Crippen molar-refractivity contribution < 1.29 is 13.9 Å². The van der Waals surface area contributed by atoms with Crippen molar-refractivity contribution in [3.05, 3.63) is 59.9 Å². The van der Waals surface area contributed by atoms with Gasteiger partial charge in [-0.2, -0.15) is 9.36 Å². The number of carbonyl (C=O) groups is 1. The summed E-state index contributed by atoms with van der Waals surface area (Å²) in [5, 5.41) is 3.00. The van der Waals surface area contributed by atoms with Gasteiger partial charge in [-0.15, -0.1) is 0 Å². The lowest BCUT2D eigenvalue weighted by atomic mass is 10.2. The molecule has 0 spiro atoms. The normalized spacial score (nSPS) is 10.4. The Morgan fingerprint density at radius 1 is 1.25 bits per heavy atom. The van der Waals surface area contributed by atoms with E-state index < -0.39 is 0 Å². The van der Waals surface area contributed by atoms with Crippen LogP contribution in [0.15, 0.2) is 48.5 Å². The van der Waals surface area contributed by atoms with Crippen molar-refractivity contribution in [2.24, 2.45) is 0 Å². The van der Waals surface area contributed by atoms with Gasteiger partial charge >= 0.3 is 0 Å². The molecule has 0 unspecified atom stereocenters. The molecular formula is C17H14FN3O2S. The highest BCUT2D eigenvalue weighted by Crippen LogP contribution is 2.21. The number of benzene rings is 2. The fourth-order valence-electron chi connectivity index (χ4n) is 2.00. The topological polar surface area (TPSA) is 64.1 Å². The van der Waals surface area contributed by atoms with Crippen LogP contribution in [0.1, 0.15) is 5.56 Å². The van der Waals surface area contributed by atoms with E-state index in [0.717, 1.165) is 17.1 Å². The van der Waals surface area contributed by atoms with E-state index in [9.17, 15) is 9.18 Å². The first-order valence-corrected chi connectivity index (χ1v) is 7.96. The number of aryl methyl sites for hydroxylation is 1. The Balaban J connectivity index is 1.58. The van der Waals surface area contributed by atoms with Crippen LogP contribution in [-0.4, -0.2) is 21.9 Å². The van der Waals surface area contributed by atoms with Gasteiger partial charge in [0.05, 0.1) is 0 Å². The lowest BCUT2D eigenvalue weighted by molar-refractivity contribution is -0.118. The summed E-state index contributed by atoms with van der Waals surface area (Å²) in [6.45, 7) is 1.83. The number of hydrogen-bond acceptors (Lipinski definition) is 5. The average molecular weight is 343 g/mol. The molecule has 0 saturated carbocycles. The van der Waals surface area contributed by atoms with Crippen molar-refractivity contribution in [1.82, 2.24) is 9.36 Å². The first-order chi connectivity index (χ1) is 11.6. The van der Waals surface area contributed by atoms with Crippen molar-refractivity contribution >= 4 is 22.6 Å². The van der Waals surface area contributed by atoms with Gasteiger partial charge in [0.1, 0.15) is 11.6 Å². The van der Waals surface area contributed by atoms with E-state index in [1.54, 1.807) is 18.2 Å². The zero-order chi connectivity index (χ0) is 16.9.